The van der Waals surface area contributed by atoms with Gasteiger partial charge in [-0.3, -0.25) is 14.7 Å². The van der Waals surface area contributed by atoms with Crippen LogP contribution < -0.4 is 4.90 Å². The summed E-state index contributed by atoms with van der Waals surface area (Å²) in [5.41, 5.74) is 3.34. The molecule has 37 heavy (non-hydrogen) atoms. The van der Waals surface area contributed by atoms with Crippen molar-refractivity contribution in [3.8, 4) is 0 Å². The van der Waals surface area contributed by atoms with Crippen molar-refractivity contribution >= 4 is 42.6 Å². The summed E-state index contributed by atoms with van der Waals surface area (Å²) < 4.78 is 28.9. The van der Waals surface area contributed by atoms with Gasteiger partial charge < -0.3 is 0 Å². The lowest BCUT2D eigenvalue weighted by Crippen LogP contribution is -2.39. The van der Waals surface area contributed by atoms with Gasteiger partial charge in [-0.1, -0.05) is 37.3 Å². The number of piperidine rings is 1. The van der Waals surface area contributed by atoms with E-state index in [0.717, 1.165) is 35.0 Å². The summed E-state index contributed by atoms with van der Waals surface area (Å²) in [4.78, 5) is 24.6. The summed E-state index contributed by atoms with van der Waals surface area (Å²) in [5.74, 6) is 0.0989. The number of aromatic nitrogens is 2. The van der Waals surface area contributed by atoms with Gasteiger partial charge >= 0.3 is 0 Å². The van der Waals surface area contributed by atoms with E-state index in [9.17, 15) is 13.2 Å². The van der Waals surface area contributed by atoms with Crippen LogP contribution in [0.1, 0.15) is 48.2 Å². The summed E-state index contributed by atoms with van der Waals surface area (Å²) in [6, 6.07) is 16.2. The Labute approximate surface area is 221 Å². The van der Waals surface area contributed by atoms with Gasteiger partial charge in [0.2, 0.25) is 10.0 Å². The Balaban J connectivity index is 1.46. The number of pyridine rings is 1. The molecular formula is C28H30N4O3S2. The van der Waals surface area contributed by atoms with E-state index in [1.807, 2.05) is 18.2 Å². The van der Waals surface area contributed by atoms with Crippen LogP contribution in [0, 0.1) is 5.92 Å². The molecule has 1 unspecified atom stereocenters. The minimum atomic E-state index is -3.59. The Morgan fingerprint density at radius 2 is 1.95 bits per heavy atom. The van der Waals surface area contributed by atoms with E-state index < -0.39 is 10.0 Å². The molecule has 7 nitrogen and oxygen atoms in total. The fraction of sp³-hybridized carbons (Fsp3) is 0.321. The lowest BCUT2D eigenvalue weighted by Gasteiger charge is -2.30. The third-order valence-electron chi connectivity index (χ3n) is 6.75. The molecule has 1 aliphatic heterocycles. The zero-order valence-electron chi connectivity index (χ0n) is 21.0. The van der Waals surface area contributed by atoms with Gasteiger partial charge in [0, 0.05) is 31.0 Å². The number of rotatable bonds is 7. The van der Waals surface area contributed by atoms with Crippen molar-refractivity contribution in [2.75, 3.05) is 18.0 Å². The molecule has 1 amide bonds. The first kappa shape index (κ1) is 25.5. The van der Waals surface area contributed by atoms with Crippen LogP contribution in [0.3, 0.4) is 0 Å². The quantitative estimate of drug-likeness (QED) is 0.312. The lowest BCUT2D eigenvalue weighted by molar-refractivity contribution is 0.0985. The van der Waals surface area contributed by atoms with Gasteiger partial charge in [0.25, 0.3) is 5.91 Å². The summed E-state index contributed by atoms with van der Waals surface area (Å²) in [5, 5.41) is 0.594. The predicted molar refractivity (Wildman–Crippen MR) is 147 cm³/mol. The molecule has 0 spiro atoms. The summed E-state index contributed by atoms with van der Waals surface area (Å²) >= 11 is 1.47. The average Bonchev–Trinajstić information content (AvgIpc) is 3.35. The number of nitrogens with zero attached hydrogens (tertiary/aromatic N) is 4. The van der Waals surface area contributed by atoms with Crippen LogP contribution in [-0.4, -0.2) is 41.7 Å². The van der Waals surface area contributed by atoms with Crippen molar-refractivity contribution in [2.45, 2.75) is 44.6 Å². The molecule has 0 aliphatic carbocycles. The molecule has 5 rings (SSSR count). The van der Waals surface area contributed by atoms with E-state index >= 15 is 0 Å². The van der Waals surface area contributed by atoms with Crippen LogP contribution in [-0.2, 0) is 23.0 Å². The van der Waals surface area contributed by atoms with Crippen LogP contribution in [0.15, 0.2) is 71.9 Å². The second-order valence-electron chi connectivity index (χ2n) is 9.54. The predicted octanol–water partition coefficient (Wildman–Crippen LogP) is 5.52. The third kappa shape index (κ3) is 5.44. The third-order valence-corrected chi connectivity index (χ3v) is 9.67. The molecule has 1 fully saturated rings. The van der Waals surface area contributed by atoms with E-state index in [-0.39, 0.29) is 10.8 Å². The summed E-state index contributed by atoms with van der Waals surface area (Å²) in [6.07, 6.45) is 6.26. The molecule has 1 saturated heterocycles. The SMILES string of the molecule is CCc1ccc2nc(N(Cc3cccnc3)C(=O)c3ccc(S(=O)(=O)N4CCCC(C)C4)cc3)sc2c1. The molecule has 192 valence electrons. The van der Waals surface area contributed by atoms with Gasteiger partial charge in [-0.05, 0) is 78.8 Å². The molecule has 1 atom stereocenters. The lowest BCUT2D eigenvalue weighted by atomic mass is 10.0. The average molecular weight is 535 g/mol. The largest absolute Gasteiger partial charge is 0.279 e. The smallest absolute Gasteiger partial charge is 0.260 e. The van der Waals surface area contributed by atoms with Crippen molar-refractivity contribution in [1.29, 1.82) is 0 Å². The van der Waals surface area contributed by atoms with E-state index in [1.165, 1.54) is 29.0 Å². The second-order valence-corrected chi connectivity index (χ2v) is 12.5. The van der Waals surface area contributed by atoms with Crippen LogP contribution in [0.4, 0.5) is 5.13 Å². The van der Waals surface area contributed by atoms with E-state index in [1.54, 1.807) is 33.7 Å². The van der Waals surface area contributed by atoms with E-state index in [2.05, 4.69) is 31.0 Å². The Bertz CT molecular complexity index is 1500. The Morgan fingerprint density at radius 3 is 2.65 bits per heavy atom. The van der Waals surface area contributed by atoms with Crippen LogP contribution in [0.2, 0.25) is 0 Å². The number of hydrogen-bond acceptors (Lipinski definition) is 6. The van der Waals surface area contributed by atoms with E-state index in [0.29, 0.717) is 36.2 Å². The molecular weight excluding hydrogens is 504 g/mol. The fourth-order valence-corrected chi connectivity index (χ4v) is 7.26. The molecule has 0 bridgehead atoms. The number of anilines is 1. The molecule has 9 heteroatoms. The monoisotopic (exact) mass is 534 g/mol. The van der Waals surface area contributed by atoms with Crippen molar-refractivity contribution < 1.29 is 13.2 Å². The zero-order valence-corrected chi connectivity index (χ0v) is 22.6. The maximum Gasteiger partial charge on any atom is 0.260 e. The molecule has 4 aromatic rings. The Hall–Kier alpha value is -3.14. The summed E-state index contributed by atoms with van der Waals surface area (Å²) in [6.45, 7) is 5.55. The first-order chi connectivity index (χ1) is 17.8. The highest BCUT2D eigenvalue weighted by molar-refractivity contribution is 7.89. The number of hydrogen-bond donors (Lipinski definition) is 0. The van der Waals surface area contributed by atoms with Crippen molar-refractivity contribution in [3.05, 3.63) is 83.7 Å². The standard InChI is InChI=1S/C28H30N4O3S2/c1-3-21-8-13-25-26(16-21)36-28(30-25)32(19-22-7-4-14-29-17-22)27(33)23-9-11-24(12-10-23)37(34,35)31-15-5-6-20(2)18-31/h4,7-14,16-17,20H,3,5-6,15,18-19H2,1-2H3. The van der Waals surface area contributed by atoms with Crippen molar-refractivity contribution in [2.24, 2.45) is 5.92 Å². The highest BCUT2D eigenvalue weighted by atomic mass is 32.2. The van der Waals surface area contributed by atoms with Crippen LogP contribution in [0.5, 0.6) is 0 Å². The topological polar surface area (TPSA) is 83.5 Å². The number of carbonyl (C=O) groups excluding carboxylic acids is 1. The minimum Gasteiger partial charge on any atom is -0.279 e. The minimum absolute atomic E-state index is 0.212. The maximum absolute atomic E-state index is 13.8. The highest BCUT2D eigenvalue weighted by Gasteiger charge is 2.29. The molecule has 3 heterocycles. The molecule has 2 aromatic carbocycles. The number of benzene rings is 2. The number of sulfonamides is 1. The van der Waals surface area contributed by atoms with Crippen LogP contribution >= 0.6 is 11.3 Å². The number of carbonyl (C=O) groups is 1. The van der Waals surface area contributed by atoms with Crippen LogP contribution in [0.25, 0.3) is 10.2 Å². The summed E-state index contributed by atoms with van der Waals surface area (Å²) in [7, 11) is -3.59. The second kappa shape index (κ2) is 10.7. The number of thiazole rings is 1. The molecule has 0 radical (unpaired) electrons. The number of amides is 1. The molecule has 0 saturated carbocycles. The zero-order chi connectivity index (χ0) is 26.0. The number of fused-ring (bicyclic) bond motifs is 1. The van der Waals surface area contributed by atoms with Crippen molar-refractivity contribution in [3.63, 3.8) is 0 Å². The van der Waals surface area contributed by atoms with Gasteiger partial charge in [-0.2, -0.15) is 4.31 Å². The molecule has 2 aromatic heterocycles. The van der Waals surface area contributed by atoms with Gasteiger partial charge in [0.05, 0.1) is 21.7 Å². The number of aryl methyl sites for hydroxylation is 1. The first-order valence-electron chi connectivity index (χ1n) is 12.6. The Kier molecular flexibility index (Phi) is 7.37. The van der Waals surface area contributed by atoms with Crippen molar-refractivity contribution in [1.82, 2.24) is 14.3 Å². The van der Waals surface area contributed by atoms with E-state index in [4.69, 9.17) is 4.98 Å². The highest BCUT2D eigenvalue weighted by Crippen LogP contribution is 2.32. The first-order valence-corrected chi connectivity index (χ1v) is 14.8. The fourth-order valence-electron chi connectivity index (χ4n) is 4.63. The maximum atomic E-state index is 13.8. The van der Waals surface area contributed by atoms with Gasteiger partial charge in [0.15, 0.2) is 5.13 Å². The van der Waals surface area contributed by atoms with Gasteiger partial charge in [0.1, 0.15) is 0 Å². The normalized spacial score (nSPS) is 16.6. The van der Waals surface area contributed by atoms with Gasteiger partial charge in [-0.15, -0.1) is 0 Å². The molecule has 1 aliphatic rings. The van der Waals surface area contributed by atoms with Gasteiger partial charge in [-0.25, -0.2) is 13.4 Å². The molecule has 0 N–H and O–H groups in total. The Morgan fingerprint density at radius 1 is 1.14 bits per heavy atom.